The summed E-state index contributed by atoms with van der Waals surface area (Å²) < 4.78 is 0. The molecule has 12 heavy (non-hydrogen) atoms. The Kier molecular flexibility index (Phi) is 3.53. The summed E-state index contributed by atoms with van der Waals surface area (Å²) in [5.74, 6) is 0.0219. The number of aliphatic carboxylic acids is 1. The standard InChI is InChI=1S/C9H17NO2/c1-2-7-3-4-8(9(11)12)10-6-5-7/h7-8,10H,2-6H2,1H3,(H,11,12). The molecule has 0 spiro atoms. The van der Waals surface area contributed by atoms with E-state index in [1.807, 2.05) is 0 Å². The molecule has 1 aliphatic rings. The Balaban J connectivity index is 2.39. The quantitative estimate of drug-likeness (QED) is 0.657. The van der Waals surface area contributed by atoms with Gasteiger partial charge in [0, 0.05) is 0 Å². The van der Waals surface area contributed by atoms with Gasteiger partial charge in [-0.15, -0.1) is 0 Å². The molecule has 0 bridgehead atoms. The Labute approximate surface area is 73.2 Å². The minimum Gasteiger partial charge on any atom is -0.480 e. The van der Waals surface area contributed by atoms with Gasteiger partial charge in [0.05, 0.1) is 0 Å². The number of hydrogen-bond donors (Lipinski definition) is 2. The molecule has 1 rings (SSSR count). The van der Waals surface area contributed by atoms with Crippen LogP contribution in [0.3, 0.4) is 0 Å². The fourth-order valence-electron chi connectivity index (χ4n) is 1.73. The maximum absolute atomic E-state index is 10.6. The van der Waals surface area contributed by atoms with E-state index in [0.717, 1.165) is 31.7 Å². The van der Waals surface area contributed by atoms with Crippen molar-refractivity contribution in [3.63, 3.8) is 0 Å². The highest BCUT2D eigenvalue weighted by atomic mass is 16.4. The molecule has 0 aromatic heterocycles. The number of carboxylic acid groups (broad SMARTS) is 1. The van der Waals surface area contributed by atoms with Crippen molar-refractivity contribution in [1.29, 1.82) is 0 Å². The molecule has 1 fully saturated rings. The van der Waals surface area contributed by atoms with Crippen molar-refractivity contribution < 1.29 is 9.90 Å². The molecule has 3 nitrogen and oxygen atoms in total. The fraction of sp³-hybridized carbons (Fsp3) is 0.889. The van der Waals surface area contributed by atoms with E-state index in [1.165, 1.54) is 6.42 Å². The Bertz CT molecular complexity index is 159. The van der Waals surface area contributed by atoms with Gasteiger partial charge in [-0.1, -0.05) is 13.3 Å². The van der Waals surface area contributed by atoms with E-state index in [2.05, 4.69) is 12.2 Å². The van der Waals surface area contributed by atoms with Crippen molar-refractivity contribution in [2.45, 2.75) is 38.6 Å². The first kappa shape index (κ1) is 9.52. The smallest absolute Gasteiger partial charge is 0.320 e. The average Bonchev–Trinajstić information content (AvgIpc) is 2.28. The van der Waals surface area contributed by atoms with E-state index in [0.29, 0.717) is 0 Å². The largest absolute Gasteiger partial charge is 0.480 e. The van der Waals surface area contributed by atoms with E-state index in [1.54, 1.807) is 0 Å². The summed E-state index contributed by atoms with van der Waals surface area (Å²) >= 11 is 0. The SMILES string of the molecule is CCC1CCNC(C(=O)O)CC1. The Morgan fingerprint density at radius 2 is 2.25 bits per heavy atom. The monoisotopic (exact) mass is 171 g/mol. The van der Waals surface area contributed by atoms with Crippen molar-refractivity contribution in [3.8, 4) is 0 Å². The van der Waals surface area contributed by atoms with Gasteiger partial charge in [-0.2, -0.15) is 0 Å². The van der Waals surface area contributed by atoms with Crippen molar-refractivity contribution in [2.75, 3.05) is 6.54 Å². The van der Waals surface area contributed by atoms with E-state index in [4.69, 9.17) is 5.11 Å². The van der Waals surface area contributed by atoms with Gasteiger partial charge in [0.2, 0.25) is 0 Å². The lowest BCUT2D eigenvalue weighted by atomic mass is 9.97. The van der Waals surface area contributed by atoms with Crippen LogP contribution in [0.1, 0.15) is 32.6 Å². The molecule has 1 aliphatic heterocycles. The zero-order valence-electron chi connectivity index (χ0n) is 7.55. The average molecular weight is 171 g/mol. The van der Waals surface area contributed by atoms with Gasteiger partial charge in [-0.05, 0) is 31.7 Å². The highest BCUT2D eigenvalue weighted by molar-refractivity contribution is 5.73. The molecule has 0 aliphatic carbocycles. The van der Waals surface area contributed by atoms with Crippen LogP contribution in [0.4, 0.5) is 0 Å². The topological polar surface area (TPSA) is 49.3 Å². The van der Waals surface area contributed by atoms with Crippen molar-refractivity contribution >= 4 is 5.97 Å². The molecule has 0 aromatic carbocycles. The molecule has 1 saturated heterocycles. The van der Waals surface area contributed by atoms with Crippen LogP contribution in [0, 0.1) is 5.92 Å². The minimum absolute atomic E-state index is 0.304. The predicted octanol–water partition coefficient (Wildman–Crippen LogP) is 1.24. The second-order valence-corrected chi connectivity index (χ2v) is 3.49. The molecule has 2 N–H and O–H groups in total. The summed E-state index contributed by atoms with van der Waals surface area (Å²) in [4.78, 5) is 10.6. The third-order valence-corrected chi connectivity index (χ3v) is 2.68. The maximum atomic E-state index is 10.6. The first-order valence-electron chi connectivity index (χ1n) is 4.70. The molecule has 1 heterocycles. The van der Waals surface area contributed by atoms with Crippen LogP contribution in [0.25, 0.3) is 0 Å². The van der Waals surface area contributed by atoms with Crippen LogP contribution in [0.5, 0.6) is 0 Å². The van der Waals surface area contributed by atoms with Crippen LogP contribution in [-0.4, -0.2) is 23.7 Å². The summed E-state index contributed by atoms with van der Waals surface area (Å²) in [6.07, 6.45) is 4.14. The second kappa shape index (κ2) is 4.45. The number of nitrogens with one attached hydrogen (secondary N) is 1. The maximum Gasteiger partial charge on any atom is 0.320 e. The zero-order chi connectivity index (χ0) is 8.97. The lowest BCUT2D eigenvalue weighted by Gasteiger charge is -2.09. The van der Waals surface area contributed by atoms with Gasteiger partial charge in [-0.25, -0.2) is 0 Å². The van der Waals surface area contributed by atoms with Gasteiger partial charge in [0.25, 0.3) is 0 Å². The third-order valence-electron chi connectivity index (χ3n) is 2.68. The Morgan fingerprint density at radius 3 is 2.83 bits per heavy atom. The van der Waals surface area contributed by atoms with E-state index < -0.39 is 5.97 Å². The number of rotatable bonds is 2. The second-order valence-electron chi connectivity index (χ2n) is 3.49. The van der Waals surface area contributed by atoms with E-state index in [-0.39, 0.29) is 6.04 Å². The van der Waals surface area contributed by atoms with Gasteiger partial charge in [-0.3, -0.25) is 4.79 Å². The lowest BCUT2D eigenvalue weighted by Crippen LogP contribution is -2.35. The molecule has 0 aromatic rings. The molecule has 2 unspecified atom stereocenters. The first-order chi connectivity index (χ1) is 5.74. The number of carboxylic acids is 1. The minimum atomic E-state index is -0.702. The van der Waals surface area contributed by atoms with Crippen molar-refractivity contribution in [3.05, 3.63) is 0 Å². The number of hydrogen-bond acceptors (Lipinski definition) is 2. The Hall–Kier alpha value is -0.570. The van der Waals surface area contributed by atoms with Gasteiger partial charge < -0.3 is 10.4 Å². The third kappa shape index (κ3) is 2.48. The molecule has 2 atom stereocenters. The summed E-state index contributed by atoms with van der Waals surface area (Å²) in [6.45, 7) is 3.03. The van der Waals surface area contributed by atoms with E-state index >= 15 is 0 Å². The van der Waals surface area contributed by atoms with Gasteiger partial charge in [0.1, 0.15) is 6.04 Å². The lowest BCUT2D eigenvalue weighted by molar-refractivity contribution is -0.139. The highest BCUT2D eigenvalue weighted by Crippen LogP contribution is 2.19. The first-order valence-corrected chi connectivity index (χ1v) is 4.70. The summed E-state index contributed by atoms with van der Waals surface area (Å²) in [6, 6.07) is -0.304. The van der Waals surface area contributed by atoms with Crippen LogP contribution in [-0.2, 0) is 4.79 Å². The molecule has 0 saturated carbocycles. The number of carbonyl (C=O) groups is 1. The van der Waals surface area contributed by atoms with E-state index in [9.17, 15) is 4.79 Å². The van der Waals surface area contributed by atoms with Crippen LogP contribution in [0.2, 0.25) is 0 Å². The highest BCUT2D eigenvalue weighted by Gasteiger charge is 2.21. The molecule has 0 amide bonds. The van der Waals surface area contributed by atoms with Crippen LogP contribution < -0.4 is 5.32 Å². The molecular formula is C9H17NO2. The summed E-state index contributed by atoms with van der Waals surface area (Å²) in [5.41, 5.74) is 0. The zero-order valence-corrected chi connectivity index (χ0v) is 7.55. The molecule has 3 heteroatoms. The Morgan fingerprint density at radius 1 is 1.50 bits per heavy atom. The molecular weight excluding hydrogens is 154 g/mol. The molecule has 70 valence electrons. The molecule has 0 radical (unpaired) electrons. The van der Waals surface area contributed by atoms with Crippen LogP contribution >= 0.6 is 0 Å². The van der Waals surface area contributed by atoms with Crippen LogP contribution in [0.15, 0.2) is 0 Å². The summed E-state index contributed by atoms with van der Waals surface area (Å²) in [5, 5.41) is 11.8. The van der Waals surface area contributed by atoms with Crippen molar-refractivity contribution in [2.24, 2.45) is 5.92 Å². The normalized spacial score (nSPS) is 31.1. The predicted molar refractivity (Wildman–Crippen MR) is 47.1 cm³/mol. The fourth-order valence-corrected chi connectivity index (χ4v) is 1.73. The van der Waals surface area contributed by atoms with Gasteiger partial charge >= 0.3 is 5.97 Å². The van der Waals surface area contributed by atoms with Crippen molar-refractivity contribution in [1.82, 2.24) is 5.32 Å². The van der Waals surface area contributed by atoms with Gasteiger partial charge in [0.15, 0.2) is 0 Å². The summed E-state index contributed by atoms with van der Waals surface area (Å²) in [7, 11) is 0.